The first-order valence-corrected chi connectivity index (χ1v) is 8.79. The van der Waals surface area contributed by atoms with Gasteiger partial charge in [-0.3, -0.25) is 9.78 Å². The van der Waals surface area contributed by atoms with E-state index in [2.05, 4.69) is 20.2 Å². The molecule has 1 saturated carbocycles. The number of carbonyl (C=O) groups excluding carboxylic acids is 1. The summed E-state index contributed by atoms with van der Waals surface area (Å²) < 4.78 is 0. The van der Waals surface area contributed by atoms with Crippen molar-refractivity contribution in [2.45, 2.75) is 44.6 Å². The lowest BCUT2D eigenvalue weighted by Gasteiger charge is -2.35. The van der Waals surface area contributed by atoms with Gasteiger partial charge in [0.1, 0.15) is 5.82 Å². The van der Waals surface area contributed by atoms with Crippen molar-refractivity contribution >= 4 is 36.5 Å². The molecule has 1 aromatic rings. The SMILES string of the molecule is Cl.Cl.NCC1CCCCC1NC(=O)C1CCN(c2cnccn2)CC1. The standard InChI is InChI=1S/C17H27N5O.2ClH/c18-11-14-3-1-2-4-15(14)21-17(23)13-5-9-22(10-6-13)16-12-19-7-8-20-16;;/h7-8,12-15H,1-6,9-11,18H2,(H,21,23);2*1H. The topological polar surface area (TPSA) is 84.1 Å². The fourth-order valence-electron chi connectivity index (χ4n) is 3.81. The molecule has 1 saturated heterocycles. The summed E-state index contributed by atoms with van der Waals surface area (Å²) >= 11 is 0. The van der Waals surface area contributed by atoms with Crippen LogP contribution in [0.2, 0.25) is 0 Å². The van der Waals surface area contributed by atoms with E-state index in [9.17, 15) is 4.79 Å². The summed E-state index contributed by atoms with van der Waals surface area (Å²) in [6.45, 7) is 2.40. The summed E-state index contributed by atoms with van der Waals surface area (Å²) in [5.41, 5.74) is 5.86. The number of piperidine rings is 1. The number of carbonyl (C=O) groups is 1. The van der Waals surface area contributed by atoms with Crippen LogP contribution in [0.25, 0.3) is 0 Å². The van der Waals surface area contributed by atoms with Crippen molar-refractivity contribution in [1.29, 1.82) is 0 Å². The van der Waals surface area contributed by atoms with Crippen LogP contribution in [0, 0.1) is 11.8 Å². The Balaban J connectivity index is 0.00000156. The van der Waals surface area contributed by atoms with E-state index in [4.69, 9.17) is 5.73 Å². The predicted molar refractivity (Wildman–Crippen MR) is 104 cm³/mol. The molecular formula is C17H29Cl2N5O. The fraction of sp³-hybridized carbons (Fsp3) is 0.706. The van der Waals surface area contributed by atoms with Crippen molar-refractivity contribution in [2.75, 3.05) is 24.5 Å². The normalized spacial score (nSPS) is 24.0. The molecule has 3 N–H and O–H groups in total. The van der Waals surface area contributed by atoms with Crippen LogP contribution in [0.3, 0.4) is 0 Å². The fourth-order valence-corrected chi connectivity index (χ4v) is 3.81. The maximum atomic E-state index is 12.6. The highest BCUT2D eigenvalue weighted by atomic mass is 35.5. The third-order valence-electron chi connectivity index (χ3n) is 5.28. The second-order valence-electron chi connectivity index (χ2n) is 6.72. The molecule has 2 aliphatic rings. The van der Waals surface area contributed by atoms with Gasteiger partial charge in [-0.1, -0.05) is 12.8 Å². The summed E-state index contributed by atoms with van der Waals surface area (Å²) in [7, 11) is 0. The van der Waals surface area contributed by atoms with Crippen LogP contribution in [-0.4, -0.2) is 41.6 Å². The molecular weight excluding hydrogens is 361 g/mol. The maximum absolute atomic E-state index is 12.6. The van der Waals surface area contributed by atoms with Crippen LogP contribution >= 0.6 is 24.8 Å². The number of nitrogens with one attached hydrogen (secondary N) is 1. The molecule has 8 heteroatoms. The average Bonchev–Trinajstić information content (AvgIpc) is 2.63. The molecule has 1 amide bonds. The van der Waals surface area contributed by atoms with Gasteiger partial charge in [0.2, 0.25) is 5.91 Å². The Kier molecular flexibility index (Phi) is 9.46. The Morgan fingerprint density at radius 3 is 2.52 bits per heavy atom. The lowest BCUT2D eigenvalue weighted by atomic mass is 9.84. The van der Waals surface area contributed by atoms with Crippen molar-refractivity contribution in [2.24, 2.45) is 17.6 Å². The van der Waals surface area contributed by atoms with Crippen molar-refractivity contribution in [3.05, 3.63) is 18.6 Å². The first-order chi connectivity index (χ1) is 11.3. The number of aromatic nitrogens is 2. The molecule has 1 aliphatic heterocycles. The number of hydrogen-bond acceptors (Lipinski definition) is 5. The summed E-state index contributed by atoms with van der Waals surface area (Å²) in [5, 5.41) is 3.28. The van der Waals surface area contributed by atoms with Crippen molar-refractivity contribution in [1.82, 2.24) is 15.3 Å². The second kappa shape index (κ2) is 10.8. The summed E-state index contributed by atoms with van der Waals surface area (Å²) in [4.78, 5) is 23.2. The molecule has 2 heterocycles. The molecule has 2 unspecified atom stereocenters. The van der Waals surface area contributed by atoms with E-state index in [1.165, 1.54) is 12.8 Å². The highest BCUT2D eigenvalue weighted by Crippen LogP contribution is 2.25. The third kappa shape index (κ3) is 5.69. The largest absolute Gasteiger partial charge is 0.355 e. The molecule has 3 rings (SSSR count). The van der Waals surface area contributed by atoms with Gasteiger partial charge in [0.25, 0.3) is 0 Å². The monoisotopic (exact) mass is 389 g/mol. The van der Waals surface area contributed by atoms with Gasteiger partial charge < -0.3 is 16.0 Å². The molecule has 0 bridgehead atoms. The molecule has 1 aromatic heterocycles. The van der Waals surface area contributed by atoms with Crippen LogP contribution < -0.4 is 16.0 Å². The highest BCUT2D eigenvalue weighted by molar-refractivity contribution is 5.85. The number of amides is 1. The minimum Gasteiger partial charge on any atom is -0.355 e. The zero-order valence-corrected chi connectivity index (χ0v) is 16.1. The molecule has 0 radical (unpaired) electrons. The van der Waals surface area contributed by atoms with Crippen molar-refractivity contribution in [3.8, 4) is 0 Å². The number of halogens is 2. The van der Waals surface area contributed by atoms with Gasteiger partial charge in [0.15, 0.2) is 0 Å². The van der Waals surface area contributed by atoms with E-state index in [1.54, 1.807) is 18.6 Å². The van der Waals surface area contributed by atoms with Crippen molar-refractivity contribution in [3.63, 3.8) is 0 Å². The number of hydrogen-bond donors (Lipinski definition) is 2. The molecule has 2 atom stereocenters. The smallest absolute Gasteiger partial charge is 0.223 e. The zero-order valence-electron chi connectivity index (χ0n) is 14.5. The lowest BCUT2D eigenvalue weighted by molar-refractivity contribution is -0.126. The van der Waals surface area contributed by atoms with E-state index in [0.29, 0.717) is 12.5 Å². The number of rotatable bonds is 4. The van der Waals surface area contributed by atoms with E-state index in [0.717, 1.165) is 44.6 Å². The Morgan fingerprint density at radius 2 is 1.88 bits per heavy atom. The Labute approximate surface area is 162 Å². The Bertz CT molecular complexity index is 511. The van der Waals surface area contributed by atoms with Gasteiger partial charge in [-0.05, 0) is 38.1 Å². The van der Waals surface area contributed by atoms with E-state index >= 15 is 0 Å². The Hall–Kier alpha value is -1.11. The Morgan fingerprint density at radius 1 is 1.16 bits per heavy atom. The van der Waals surface area contributed by atoms with Gasteiger partial charge in [-0.25, -0.2) is 4.98 Å². The molecule has 0 spiro atoms. The summed E-state index contributed by atoms with van der Waals surface area (Å²) in [5.74, 6) is 1.69. The van der Waals surface area contributed by atoms with Gasteiger partial charge >= 0.3 is 0 Å². The third-order valence-corrected chi connectivity index (χ3v) is 5.28. The average molecular weight is 390 g/mol. The van der Waals surface area contributed by atoms with E-state index in [-0.39, 0.29) is 42.7 Å². The quantitative estimate of drug-likeness (QED) is 0.823. The number of nitrogens with two attached hydrogens (primary N) is 1. The van der Waals surface area contributed by atoms with Crippen LogP contribution in [0.4, 0.5) is 5.82 Å². The van der Waals surface area contributed by atoms with E-state index < -0.39 is 0 Å². The highest BCUT2D eigenvalue weighted by Gasteiger charge is 2.30. The second-order valence-corrected chi connectivity index (χ2v) is 6.72. The first kappa shape index (κ1) is 21.9. The molecule has 25 heavy (non-hydrogen) atoms. The molecule has 6 nitrogen and oxygen atoms in total. The lowest BCUT2D eigenvalue weighted by Crippen LogP contribution is -2.48. The first-order valence-electron chi connectivity index (χ1n) is 8.79. The van der Waals surface area contributed by atoms with Gasteiger partial charge in [-0.15, -0.1) is 24.8 Å². The van der Waals surface area contributed by atoms with Crippen LogP contribution in [0.1, 0.15) is 38.5 Å². The predicted octanol–water partition coefficient (Wildman–Crippen LogP) is 2.17. The van der Waals surface area contributed by atoms with Gasteiger partial charge in [0, 0.05) is 37.4 Å². The molecule has 2 fully saturated rings. The zero-order chi connectivity index (χ0) is 16.1. The minimum absolute atomic E-state index is 0. The summed E-state index contributed by atoms with van der Waals surface area (Å²) in [6, 6.07) is 0.277. The maximum Gasteiger partial charge on any atom is 0.223 e. The number of nitrogens with zero attached hydrogens (tertiary/aromatic N) is 3. The van der Waals surface area contributed by atoms with Crippen LogP contribution in [0.5, 0.6) is 0 Å². The molecule has 0 aromatic carbocycles. The van der Waals surface area contributed by atoms with E-state index in [1.807, 2.05) is 0 Å². The minimum atomic E-state index is 0. The van der Waals surface area contributed by atoms with Gasteiger partial charge in [-0.2, -0.15) is 0 Å². The molecule has 1 aliphatic carbocycles. The molecule has 142 valence electrons. The van der Waals surface area contributed by atoms with Crippen molar-refractivity contribution < 1.29 is 4.79 Å². The van der Waals surface area contributed by atoms with Gasteiger partial charge in [0.05, 0.1) is 6.20 Å². The number of anilines is 1. The van der Waals surface area contributed by atoms with Crippen LogP contribution in [0.15, 0.2) is 18.6 Å². The van der Waals surface area contributed by atoms with Crippen LogP contribution in [-0.2, 0) is 4.79 Å². The summed E-state index contributed by atoms with van der Waals surface area (Å²) in [6.07, 6.45) is 11.6.